The van der Waals surface area contributed by atoms with Crippen LogP contribution < -0.4 is 9.62 Å². The van der Waals surface area contributed by atoms with Gasteiger partial charge in [0.15, 0.2) is 0 Å². The van der Waals surface area contributed by atoms with E-state index >= 15 is 0 Å². The summed E-state index contributed by atoms with van der Waals surface area (Å²) in [6.07, 6.45) is 1.30. The Hall–Kier alpha value is -2.71. The number of sulfonamides is 1. The molecule has 0 saturated heterocycles. The molecule has 8 heteroatoms. The predicted molar refractivity (Wildman–Crippen MR) is 118 cm³/mol. The van der Waals surface area contributed by atoms with Gasteiger partial charge in [-0.2, -0.15) is 0 Å². The maximum atomic E-state index is 14.0. The summed E-state index contributed by atoms with van der Waals surface area (Å²) in [4.78, 5) is 12.8. The molecule has 0 aliphatic carbocycles. The van der Waals surface area contributed by atoms with Gasteiger partial charge in [0.25, 0.3) is 15.9 Å². The van der Waals surface area contributed by atoms with Crippen molar-refractivity contribution in [1.82, 2.24) is 0 Å². The highest BCUT2D eigenvalue weighted by Crippen LogP contribution is 2.33. The zero-order valence-corrected chi connectivity index (χ0v) is 18.2. The number of amides is 1. The minimum atomic E-state index is -3.69. The van der Waals surface area contributed by atoms with Crippen LogP contribution in [0.3, 0.4) is 0 Å². The number of hydrogen-bond acceptors (Lipinski definition) is 3. The Morgan fingerprint density at radius 3 is 2.53 bits per heavy atom. The summed E-state index contributed by atoms with van der Waals surface area (Å²) >= 11 is 3.18. The van der Waals surface area contributed by atoms with Crippen molar-refractivity contribution in [3.8, 4) is 0 Å². The van der Waals surface area contributed by atoms with Crippen molar-refractivity contribution in [2.75, 3.05) is 16.2 Å². The fourth-order valence-corrected chi connectivity index (χ4v) is 5.35. The third-order valence-corrected chi connectivity index (χ3v) is 7.25. The zero-order valence-electron chi connectivity index (χ0n) is 15.8. The molecule has 0 unspecified atom stereocenters. The first-order valence-electron chi connectivity index (χ1n) is 9.33. The number of aryl methyl sites for hydroxylation is 1. The number of halogens is 2. The van der Waals surface area contributed by atoms with Gasteiger partial charge in [-0.05, 0) is 66.9 Å². The minimum Gasteiger partial charge on any atom is -0.319 e. The predicted octanol–water partition coefficient (Wildman–Crippen LogP) is 4.98. The lowest BCUT2D eigenvalue weighted by Gasteiger charge is -2.30. The van der Waals surface area contributed by atoms with Gasteiger partial charge in [0.2, 0.25) is 0 Å². The Balaban J connectivity index is 1.63. The van der Waals surface area contributed by atoms with E-state index in [1.807, 2.05) is 0 Å². The summed E-state index contributed by atoms with van der Waals surface area (Å²) in [7, 11) is -3.69. The topological polar surface area (TPSA) is 66.5 Å². The lowest BCUT2D eigenvalue weighted by molar-refractivity contribution is 0.102. The highest BCUT2D eigenvalue weighted by Gasteiger charge is 2.29. The Morgan fingerprint density at radius 2 is 1.80 bits per heavy atom. The summed E-state index contributed by atoms with van der Waals surface area (Å²) in [6, 6.07) is 17.5. The molecule has 1 amide bonds. The van der Waals surface area contributed by atoms with Crippen LogP contribution in [0.5, 0.6) is 0 Å². The highest BCUT2D eigenvalue weighted by molar-refractivity contribution is 9.10. The van der Waals surface area contributed by atoms with E-state index in [0.717, 1.165) is 5.56 Å². The molecule has 0 bridgehead atoms. The fraction of sp³-hybridized carbons (Fsp3) is 0.136. The number of hydrogen-bond donors (Lipinski definition) is 1. The van der Waals surface area contributed by atoms with Gasteiger partial charge in [0, 0.05) is 16.6 Å². The molecule has 3 aromatic carbocycles. The first kappa shape index (κ1) is 20.6. The summed E-state index contributed by atoms with van der Waals surface area (Å²) in [5, 5.41) is 2.56. The van der Waals surface area contributed by atoms with Crippen molar-refractivity contribution in [1.29, 1.82) is 0 Å². The van der Waals surface area contributed by atoms with Crippen molar-refractivity contribution in [3.05, 3.63) is 88.1 Å². The number of nitrogens with one attached hydrogen (secondary N) is 1. The standard InChI is InChI=1S/C22H18BrFN2O3S/c23-17-9-10-20(19(24)14-17)25-22(27)16-8-11-21-15(13-16)5-4-12-26(21)30(28,29)18-6-2-1-3-7-18/h1-3,6-11,13-14H,4-5,12H2,(H,25,27). The van der Waals surface area contributed by atoms with E-state index in [9.17, 15) is 17.6 Å². The van der Waals surface area contributed by atoms with Gasteiger partial charge in [0.05, 0.1) is 16.3 Å². The van der Waals surface area contributed by atoms with Crippen LogP contribution in [0, 0.1) is 5.82 Å². The zero-order chi connectivity index (χ0) is 21.3. The molecule has 1 heterocycles. The molecular weight excluding hydrogens is 471 g/mol. The molecular formula is C22H18BrFN2O3S. The Morgan fingerprint density at radius 1 is 1.03 bits per heavy atom. The molecule has 1 N–H and O–H groups in total. The van der Waals surface area contributed by atoms with Crippen LogP contribution in [0.2, 0.25) is 0 Å². The molecule has 4 rings (SSSR count). The summed E-state index contributed by atoms with van der Waals surface area (Å²) in [5.74, 6) is -1.00. The van der Waals surface area contributed by atoms with Crippen LogP contribution in [-0.2, 0) is 16.4 Å². The van der Waals surface area contributed by atoms with Crippen LogP contribution in [0.25, 0.3) is 0 Å². The van der Waals surface area contributed by atoms with Crippen LogP contribution in [-0.4, -0.2) is 20.9 Å². The van der Waals surface area contributed by atoms with Gasteiger partial charge in [-0.15, -0.1) is 0 Å². The summed E-state index contributed by atoms with van der Waals surface area (Å²) in [5.41, 5.74) is 1.75. The van der Waals surface area contributed by atoms with Crippen molar-refractivity contribution in [2.24, 2.45) is 0 Å². The average Bonchev–Trinajstić information content (AvgIpc) is 2.75. The van der Waals surface area contributed by atoms with Crippen molar-refractivity contribution >= 4 is 43.2 Å². The van der Waals surface area contributed by atoms with E-state index in [1.54, 1.807) is 54.6 Å². The van der Waals surface area contributed by atoms with E-state index in [2.05, 4.69) is 21.2 Å². The van der Waals surface area contributed by atoms with Gasteiger partial charge in [-0.25, -0.2) is 12.8 Å². The maximum Gasteiger partial charge on any atom is 0.264 e. The van der Waals surface area contributed by atoms with Crippen molar-refractivity contribution in [2.45, 2.75) is 17.7 Å². The maximum absolute atomic E-state index is 14.0. The van der Waals surface area contributed by atoms with Crippen molar-refractivity contribution < 1.29 is 17.6 Å². The Bertz CT molecular complexity index is 1220. The van der Waals surface area contributed by atoms with Crippen molar-refractivity contribution in [3.63, 3.8) is 0 Å². The summed E-state index contributed by atoms with van der Waals surface area (Å²) < 4.78 is 42.1. The first-order valence-corrected chi connectivity index (χ1v) is 11.6. The van der Waals surface area contributed by atoms with Gasteiger partial charge in [0.1, 0.15) is 5.82 Å². The lowest BCUT2D eigenvalue weighted by atomic mass is 10.0. The van der Waals surface area contributed by atoms with Gasteiger partial charge in [-0.1, -0.05) is 34.1 Å². The third kappa shape index (κ3) is 3.97. The number of benzene rings is 3. The van der Waals surface area contributed by atoms with E-state index in [0.29, 0.717) is 35.1 Å². The van der Waals surface area contributed by atoms with Gasteiger partial charge < -0.3 is 5.32 Å². The number of fused-ring (bicyclic) bond motifs is 1. The Labute approximate surface area is 182 Å². The number of carbonyl (C=O) groups is 1. The molecule has 1 aliphatic heterocycles. The largest absolute Gasteiger partial charge is 0.319 e. The first-order chi connectivity index (χ1) is 14.4. The minimum absolute atomic E-state index is 0.0780. The molecule has 0 saturated carbocycles. The van der Waals surface area contributed by atoms with Gasteiger partial charge >= 0.3 is 0 Å². The van der Waals surface area contributed by atoms with Crippen LogP contribution >= 0.6 is 15.9 Å². The molecule has 30 heavy (non-hydrogen) atoms. The van der Waals surface area contributed by atoms with E-state index in [4.69, 9.17) is 0 Å². The smallest absolute Gasteiger partial charge is 0.264 e. The third-order valence-electron chi connectivity index (χ3n) is 4.93. The Kier molecular flexibility index (Phi) is 5.62. The molecule has 0 atom stereocenters. The van der Waals surface area contributed by atoms with Crippen LogP contribution in [0.1, 0.15) is 22.3 Å². The fourth-order valence-electron chi connectivity index (χ4n) is 3.46. The van der Waals surface area contributed by atoms with E-state index in [1.165, 1.54) is 16.4 Å². The lowest BCUT2D eigenvalue weighted by Crippen LogP contribution is -2.35. The van der Waals surface area contributed by atoms with Crippen LogP contribution in [0.4, 0.5) is 15.8 Å². The van der Waals surface area contributed by atoms with Crippen LogP contribution in [0.15, 0.2) is 76.1 Å². The number of nitrogens with zero attached hydrogens (tertiary/aromatic N) is 1. The molecule has 154 valence electrons. The molecule has 0 radical (unpaired) electrons. The SMILES string of the molecule is O=C(Nc1ccc(Br)cc1F)c1ccc2c(c1)CCCN2S(=O)(=O)c1ccccc1. The second-order valence-electron chi connectivity index (χ2n) is 6.92. The number of anilines is 2. The number of rotatable bonds is 4. The normalized spacial score (nSPS) is 13.6. The second-order valence-corrected chi connectivity index (χ2v) is 9.69. The summed E-state index contributed by atoms with van der Waals surface area (Å²) in [6.45, 7) is 0.375. The monoisotopic (exact) mass is 488 g/mol. The average molecular weight is 489 g/mol. The molecule has 0 fully saturated rings. The highest BCUT2D eigenvalue weighted by atomic mass is 79.9. The molecule has 0 spiro atoms. The molecule has 1 aliphatic rings. The molecule has 0 aromatic heterocycles. The number of carbonyl (C=O) groups excluding carboxylic acids is 1. The quantitative estimate of drug-likeness (QED) is 0.562. The van der Waals surface area contributed by atoms with E-state index < -0.39 is 21.7 Å². The molecule has 5 nitrogen and oxygen atoms in total. The van der Waals surface area contributed by atoms with Gasteiger partial charge in [-0.3, -0.25) is 9.10 Å². The second kappa shape index (κ2) is 8.20. The molecule has 3 aromatic rings. The van der Waals surface area contributed by atoms with E-state index in [-0.39, 0.29) is 10.6 Å².